The number of ether oxygens (including phenoxy) is 2. The second-order valence-electron chi connectivity index (χ2n) is 12.1. The number of hydrogen-bond acceptors (Lipinski definition) is 8. The molecule has 0 saturated carbocycles. The third-order valence-electron chi connectivity index (χ3n) is 7.39. The van der Waals surface area contributed by atoms with Gasteiger partial charge in [-0.05, 0) is 129 Å². The zero-order valence-electron chi connectivity index (χ0n) is 33.6. The van der Waals surface area contributed by atoms with Crippen LogP contribution in [0.25, 0.3) is 0 Å². The van der Waals surface area contributed by atoms with Crippen molar-refractivity contribution in [2.24, 2.45) is 0 Å². The van der Waals surface area contributed by atoms with E-state index < -0.39 is 25.2 Å². The maximum absolute atomic E-state index is 10.8. The Bertz CT molecular complexity index is 2030. The van der Waals surface area contributed by atoms with Crippen LogP contribution in [-0.4, -0.2) is 59.3 Å². The maximum Gasteiger partial charge on any atom is 0.341 e. The number of benzene rings is 4. The molecule has 8 nitrogen and oxygen atoms in total. The van der Waals surface area contributed by atoms with Crippen LogP contribution < -0.4 is 14.2 Å². The van der Waals surface area contributed by atoms with E-state index in [1.807, 2.05) is 39.8 Å². The predicted molar refractivity (Wildman–Crippen MR) is 237 cm³/mol. The Labute approximate surface area is 357 Å². The Morgan fingerprint density at radius 3 is 1.53 bits per heavy atom. The maximum atomic E-state index is 10.8. The normalized spacial score (nSPS) is 10.1. The van der Waals surface area contributed by atoms with Crippen molar-refractivity contribution in [3.8, 4) is 35.2 Å². The predicted octanol–water partition coefficient (Wildman–Crippen LogP) is 11.2. The topological polar surface area (TPSA) is 108 Å². The van der Waals surface area contributed by atoms with Crippen LogP contribution in [0.1, 0.15) is 87.3 Å². The summed E-state index contributed by atoms with van der Waals surface area (Å²) in [5.74, 6) is 11.2. The Morgan fingerprint density at radius 1 is 0.649 bits per heavy atom. The van der Waals surface area contributed by atoms with Crippen LogP contribution in [0.2, 0.25) is 10.0 Å². The largest absolute Gasteiger partial charge is 0.481 e. The first-order chi connectivity index (χ1) is 27.4. The molecule has 0 spiro atoms. The minimum atomic E-state index is -1.04. The molecule has 4 rings (SSSR count). The molecule has 0 aliphatic carbocycles. The fourth-order valence-electron chi connectivity index (χ4n) is 4.68. The SMILES string of the molecule is CC.CCCN(CCC)Sc1ccc(C)c(C#Cc2cc(Cl)ccc2OCC(=O)O)c1.CCCNSc1ccc(C)c(C#Cc2cc(Cl)ccc2OCC(=O)O)c1. The average Bonchev–Trinajstić information content (AvgIpc) is 3.18. The van der Waals surface area contributed by atoms with Gasteiger partial charge in [0.2, 0.25) is 0 Å². The molecular formula is C45H52Cl2N2O6S2. The number of carboxylic acid groups (broad SMARTS) is 2. The number of carboxylic acids is 2. The summed E-state index contributed by atoms with van der Waals surface area (Å²) in [5, 5.41) is 18.7. The van der Waals surface area contributed by atoms with Crippen LogP contribution in [0.15, 0.2) is 82.6 Å². The van der Waals surface area contributed by atoms with E-state index in [1.54, 1.807) is 60.3 Å². The summed E-state index contributed by atoms with van der Waals surface area (Å²) in [7, 11) is 0. The second-order valence-corrected chi connectivity index (χ2v) is 15.1. The van der Waals surface area contributed by atoms with Gasteiger partial charge in [0, 0.05) is 50.6 Å². The van der Waals surface area contributed by atoms with Crippen molar-refractivity contribution in [2.45, 2.75) is 77.5 Å². The molecule has 0 saturated heterocycles. The Balaban J connectivity index is 0.000000379. The molecule has 0 aliphatic heterocycles. The summed E-state index contributed by atoms with van der Waals surface area (Å²) in [5.41, 5.74) is 5.08. The highest BCUT2D eigenvalue weighted by Gasteiger charge is 2.09. The van der Waals surface area contributed by atoms with Crippen LogP contribution in [0.3, 0.4) is 0 Å². The van der Waals surface area contributed by atoms with Crippen molar-refractivity contribution in [2.75, 3.05) is 32.8 Å². The molecule has 57 heavy (non-hydrogen) atoms. The van der Waals surface area contributed by atoms with E-state index in [2.05, 4.69) is 77.7 Å². The minimum absolute atomic E-state index is 0.400. The zero-order valence-corrected chi connectivity index (χ0v) is 36.8. The quantitative estimate of drug-likeness (QED) is 0.0573. The number of nitrogens with zero attached hydrogens (tertiary/aromatic N) is 1. The highest BCUT2D eigenvalue weighted by molar-refractivity contribution is 7.97. The van der Waals surface area contributed by atoms with Gasteiger partial charge in [-0.3, -0.25) is 4.72 Å². The van der Waals surface area contributed by atoms with Crippen molar-refractivity contribution in [1.82, 2.24) is 9.03 Å². The molecule has 0 amide bonds. The van der Waals surface area contributed by atoms with Crippen LogP contribution in [0, 0.1) is 37.5 Å². The molecule has 0 aromatic heterocycles. The molecule has 0 heterocycles. The minimum Gasteiger partial charge on any atom is -0.481 e. The molecular weight excluding hydrogens is 800 g/mol. The number of aliphatic carboxylic acids is 2. The second kappa shape index (κ2) is 27.4. The van der Waals surface area contributed by atoms with Crippen LogP contribution >= 0.6 is 47.1 Å². The van der Waals surface area contributed by atoms with Crippen molar-refractivity contribution in [3.05, 3.63) is 116 Å². The van der Waals surface area contributed by atoms with Gasteiger partial charge < -0.3 is 19.7 Å². The monoisotopic (exact) mass is 850 g/mol. The summed E-state index contributed by atoms with van der Waals surface area (Å²) >= 11 is 15.5. The molecule has 4 aromatic carbocycles. The fraction of sp³-hybridized carbons (Fsp3) is 0.333. The molecule has 0 fully saturated rings. The lowest BCUT2D eigenvalue weighted by Crippen LogP contribution is -2.17. The smallest absolute Gasteiger partial charge is 0.341 e. The number of rotatable bonds is 16. The molecule has 4 aromatic rings. The van der Waals surface area contributed by atoms with Gasteiger partial charge in [0.1, 0.15) is 11.5 Å². The van der Waals surface area contributed by atoms with E-state index in [0.717, 1.165) is 70.9 Å². The van der Waals surface area contributed by atoms with E-state index in [4.69, 9.17) is 42.9 Å². The first-order valence-corrected chi connectivity index (χ1v) is 21.1. The Hall–Kier alpha value is -4.26. The van der Waals surface area contributed by atoms with Crippen molar-refractivity contribution in [1.29, 1.82) is 0 Å². The number of aryl methyl sites for hydroxylation is 2. The average molecular weight is 852 g/mol. The van der Waals surface area contributed by atoms with Crippen molar-refractivity contribution < 1.29 is 29.3 Å². The van der Waals surface area contributed by atoms with Gasteiger partial charge in [0.05, 0.1) is 11.1 Å². The highest BCUT2D eigenvalue weighted by Crippen LogP contribution is 2.27. The molecule has 0 bridgehead atoms. The molecule has 12 heteroatoms. The molecule has 0 unspecified atom stereocenters. The third-order valence-corrected chi connectivity index (χ3v) is 9.79. The van der Waals surface area contributed by atoms with Gasteiger partial charge in [0.25, 0.3) is 0 Å². The van der Waals surface area contributed by atoms with Gasteiger partial charge in [0.15, 0.2) is 13.2 Å². The number of halogens is 2. The first-order valence-electron chi connectivity index (χ1n) is 18.8. The third kappa shape index (κ3) is 18.7. The summed E-state index contributed by atoms with van der Waals surface area (Å²) in [6.07, 6.45) is 3.29. The Kier molecular flexibility index (Phi) is 23.5. The lowest BCUT2D eigenvalue weighted by molar-refractivity contribution is -0.140. The highest BCUT2D eigenvalue weighted by atomic mass is 35.5. The van der Waals surface area contributed by atoms with E-state index in [0.29, 0.717) is 32.7 Å². The summed E-state index contributed by atoms with van der Waals surface area (Å²) in [6, 6.07) is 22.3. The van der Waals surface area contributed by atoms with E-state index in [-0.39, 0.29) is 0 Å². The standard InChI is InChI=1S/C23H26ClNO3S.C20H20ClNO3S.C2H6/c1-4-12-25(13-5-2)29-21-10-6-17(3)18(15-21)7-8-19-14-20(24)9-11-22(19)28-16-23(26)27;1-3-10-22-26-18-8-4-14(2)15(12-18)5-6-16-11-17(21)7-9-19(16)25-13-20(23)24;1-2/h6,9-11,14-15H,4-5,12-13,16H2,1-3H3,(H,26,27);4,7-9,11-12,22H,3,10,13H2,1-2H3,(H,23,24);1-2H3. The zero-order chi connectivity index (χ0) is 42.2. The van der Waals surface area contributed by atoms with Crippen LogP contribution in [0.4, 0.5) is 0 Å². The van der Waals surface area contributed by atoms with Crippen LogP contribution in [0.5, 0.6) is 11.5 Å². The van der Waals surface area contributed by atoms with Gasteiger partial charge >= 0.3 is 11.9 Å². The van der Waals surface area contributed by atoms with E-state index in [1.165, 1.54) is 0 Å². The lowest BCUT2D eigenvalue weighted by Gasteiger charge is -2.19. The fourth-order valence-corrected chi connectivity index (χ4v) is 6.95. The summed E-state index contributed by atoms with van der Waals surface area (Å²) in [6.45, 7) is 16.7. The number of nitrogens with one attached hydrogen (secondary N) is 1. The molecule has 0 atom stereocenters. The van der Waals surface area contributed by atoms with E-state index in [9.17, 15) is 9.59 Å². The summed E-state index contributed by atoms with van der Waals surface area (Å²) in [4.78, 5) is 23.8. The van der Waals surface area contributed by atoms with Gasteiger partial charge in [-0.1, -0.05) is 93.6 Å². The lowest BCUT2D eigenvalue weighted by atomic mass is 10.1. The summed E-state index contributed by atoms with van der Waals surface area (Å²) < 4.78 is 16.3. The van der Waals surface area contributed by atoms with Crippen LogP contribution in [-0.2, 0) is 9.59 Å². The molecule has 3 N–H and O–H groups in total. The van der Waals surface area contributed by atoms with Gasteiger partial charge in [-0.25, -0.2) is 13.9 Å². The number of carbonyl (C=O) groups is 2. The van der Waals surface area contributed by atoms with Crippen molar-refractivity contribution in [3.63, 3.8) is 0 Å². The Morgan fingerprint density at radius 2 is 1.09 bits per heavy atom. The molecule has 0 radical (unpaired) electrons. The molecule has 304 valence electrons. The van der Waals surface area contributed by atoms with E-state index >= 15 is 0 Å². The van der Waals surface area contributed by atoms with Crippen molar-refractivity contribution >= 4 is 59.0 Å². The first kappa shape index (κ1) is 48.9. The van der Waals surface area contributed by atoms with Gasteiger partial charge in [-0.2, -0.15) is 0 Å². The molecule has 0 aliphatic rings. The number of hydrogen-bond donors (Lipinski definition) is 3. The van der Waals surface area contributed by atoms with Gasteiger partial charge in [-0.15, -0.1) is 0 Å².